The number of hydrogen-bond donors (Lipinski definition) is 2. The van der Waals surface area contributed by atoms with E-state index in [1.165, 1.54) is 5.57 Å². The first-order chi connectivity index (χ1) is 9.53. The van der Waals surface area contributed by atoms with E-state index in [9.17, 15) is 15.0 Å². The molecule has 116 valence electrons. The van der Waals surface area contributed by atoms with Crippen molar-refractivity contribution in [1.82, 2.24) is 0 Å². The summed E-state index contributed by atoms with van der Waals surface area (Å²) >= 11 is 0. The van der Waals surface area contributed by atoms with Crippen molar-refractivity contribution in [2.24, 2.45) is 5.41 Å². The molecule has 0 spiro atoms. The van der Waals surface area contributed by atoms with Crippen molar-refractivity contribution in [3.63, 3.8) is 0 Å². The third-order valence-corrected chi connectivity index (χ3v) is 3.85. The minimum atomic E-state index is 0.204. The molecule has 0 saturated carbocycles. The predicted molar refractivity (Wildman–Crippen MR) is 85.8 cm³/mol. The van der Waals surface area contributed by atoms with Gasteiger partial charge in [0, 0.05) is 6.42 Å². The SMILES string of the molecule is CC1=CC(=O)CC(C)(C)C1.Cc1cc(O)c(C)c(C)c1O. The van der Waals surface area contributed by atoms with Gasteiger partial charge in [-0.15, -0.1) is 0 Å². The van der Waals surface area contributed by atoms with E-state index in [1.54, 1.807) is 32.9 Å². The second-order valence-corrected chi connectivity index (χ2v) is 6.79. The summed E-state index contributed by atoms with van der Waals surface area (Å²) in [7, 11) is 0. The van der Waals surface area contributed by atoms with Gasteiger partial charge in [-0.05, 0) is 68.4 Å². The fraction of sp³-hybridized carbons (Fsp3) is 0.500. The van der Waals surface area contributed by atoms with Gasteiger partial charge in [-0.25, -0.2) is 0 Å². The highest BCUT2D eigenvalue weighted by atomic mass is 16.3. The zero-order chi connectivity index (χ0) is 16.4. The maximum atomic E-state index is 11.0. The average Bonchev–Trinajstić information content (AvgIpc) is 2.31. The van der Waals surface area contributed by atoms with Gasteiger partial charge in [-0.3, -0.25) is 4.79 Å². The topological polar surface area (TPSA) is 57.5 Å². The van der Waals surface area contributed by atoms with Crippen LogP contribution in [-0.2, 0) is 4.79 Å². The third kappa shape index (κ3) is 4.62. The monoisotopic (exact) mass is 290 g/mol. The van der Waals surface area contributed by atoms with Crippen LogP contribution < -0.4 is 0 Å². The number of carbonyl (C=O) groups is 1. The molecule has 2 N–H and O–H groups in total. The lowest BCUT2D eigenvalue weighted by molar-refractivity contribution is -0.117. The van der Waals surface area contributed by atoms with Crippen LogP contribution in [0, 0.1) is 26.2 Å². The van der Waals surface area contributed by atoms with Crippen LogP contribution in [0.5, 0.6) is 11.5 Å². The number of allylic oxidation sites excluding steroid dienone is 2. The molecule has 0 amide bonds. The van der Waals surface area contributed by atoms with Gasteiger partial charge >= 0.3 is 0 Å². The molecule has 1 aromatic rings. The van der Waals surface area contributed by atoms with Crippen LogP contribution in [0.4, 0.5) is 0 Å². The molecule has 0 aliphatic heterocycles. The van der Waals surface area contributed by atoms with E-state index in [1.807, 2.05) is 6.92 Å². The van der Waals surface area contributed by atoms with E-state index in [2.05, 4.69) is 13.8 Å². The maximum absolute atomic E-state index is 11.0. The molecule has 21 heavy (non-hydrogen) atoms. The summed E-state index contributed by atoms with van der Waals surface area (Å²) in [6, 6.07) is 1.57. The van der Waals surface area contributed by atoms with Crippen LogP contribution in [0.3, 0.4) is 0 Å². The van der Waals surface area contributed by atoms with Gasteiger partial charge in [0.25, 0.3) is 0 Å². The van der Waals surface area contributed by atoms with E-state index >= 15 is 0 Å². The highest BCUT2D eigenvalue weighted by molar-refractivity contribution is 5.91. The second-order valence-electron chi connectivity index (χ2n) is 6.79. The second kappa shape index (κ2) is 6.33. The zero-order valence-electron chi connectivity index (χ0n) is 13.9. The summed E-state index contributed by atoms with van der Waals surface area (Å²) in [5, 5.41) is 18.7. The van der Waals surface area contributed by atoms with Gasteiger partial charge in [0.1, 0.15) is 11.5 Å². The highest BCUT2D eigenvalue weighted by Crippen LogP contribution is 2.33. The Bertz CT molecular complexity index is 554. The Morgan fingerprint density at radius 1 is 1.00 bits per heavy atom. The van der Waals surface area contributed by atoms with Crippen molar-refractivity contribution >= 4 is 5.78 Å². The average molecular weight is 290 g/mol. The summed E-state index contributed by atoms with van der Waals surface area (Å²) in [6.07, 6.45) is 3.55. The molecule has 0 atom stereocenters. The number of phenols is 2. The molecule has 1 aliphatic carbocycles. The number of aromatic hydroxyl groups is 2. The van der Waals surface area contributed by atoms with Crippen LogP contribution in [-0.4, -0.2) is 16.0 Å². The Hall–Kier alpha value is -1.77. The van der Waals surface area contributed by atoms with Crippen LogP contribution in [0.15, 0.2) is 17.7 Å². The molecule has 0 radical (unpaired) electrons. The Balaban J connectivity index is 0.000000211. The van der Waals surface area contributed by atoms with Gasteiger partial charge < -0.3 is 10.2 Å². The van der Waals surface area contributed by atoms with E-state index < -0.39 is 0 Å². The van der Waals surface area contributed by atoms with Gasteiger partial charge in [-0.1, -0.05) is 19.4 Å². The van der Waals surface area contributed by atoms with Crippen LogP contribution in [0.2, 0.25) is 0 Å². The molecule has 3 nitrogen and oxygen atoms in total. The first-order valence-electron chi connectivity index (χ1n) is 7.22. The lowest BCUT2D eigenvalue weighted by Gasteiger charge is -2.27. The molecule has 1 aromatic carbocycles. The molecule has 0 saturated heterocycles. The van der Waals surface area contributed by atoms with Crippen molar-refractivity contribution in [1.29, 1.82) is 0 Å². The Morgan fingerprint density at radius 3 is 2.05 bits per heavy atom. The molecule has 0 unspecified atom stereocenters. The predicted octanol–water partition coefficient (Wildman–Crippen LogP) is 4.34. The van der Waals surface area contributed by atoms with Gasteiger partial charge in [-0.2, -0.15) is 0 Å². The molecule has 2 rings (SSSR count). The minimum Gasteiger partial charge on any atom is -0.508 e. The normalized spacial score (nSPS) is 16.9. The molecule has 3 heteroatoms. The Kier molecular flexibility index (Phi) is 5.21. The standard InChI is InChI=1S/C9H12O2.C9H14O/c1-5-4-8(10)6(2)7(3)9(5)11;1-7-4-8(10)6-9(2,3)5-7/h4,10-11H,1-3H3;4H,5-6H2,1-3H3. The summed E-state index contributed by atoms with van der Waals surface area (Å²) < 4.78 is 0. The number of benzene rings is 1. The van der Waals surface area contributed by atoms with Crippen molar-refractivity contribution in [2.75, 3.05) is 0 Å². The lowest BCUT2D eigenvalue weighted by Crippen LogP contribution is -2.20. The zero-order valence-corrected chi connectivity index (χ0v) is 13.9. The summed E-state index contributed by atoms with van der Waals surface area (Å²) in [5.74, 6) is 0.812. The van der Waals surface area contributed by atoms with Crippen LogP contribution >= 0.6 is 0 Å². The highest BCUT2D eigenvalue weighted by Gasteiger charge is 2.25. The molecule has 0 heterocycles. The van der Waals surface area contributed by atoms with E-state index in [4.69, 9.17) is 0 Å². The van der Waals surface area contributed by atoms with E-state index in [0.717, 1.165) is 17.5 Å². The van der Waals surface area contributed by atoms with Crippen molar-refractivity contribution in [3.8, 4) is 11.5 Å². The maximum Gasteiger partial charge on any atom is 0.156 e. The molecular weight excluding hydrogens is 264 g/mol. The summed E-state index contributed by atoms with van der Waals surface area (Å²) in [5.41, 5.74) is 3.64. The number of hydrogen-bond acceptors (Lipinski definition) is 3. The van der Waals surface area contributed by atoms with E-state index in [-0.39, 0.29) is 22.7 Å². The van der Waals surface area contributed by atoms with Gasteiger partial charge in [0.15, 0.2) is 5.78 Å². The van der Waals surface area contributed by atoms with Crippen molar-refractivity contribution < 1.29 is 15.0 Å². The van der Waals surface area contributed by atoms with Gasteiger partial charge in [0.2, 0.25) is 0 Å². The first-order valence-corrected chi connectivity index (χ1v) is 7.22. The molecule has 1 aliphatic rings. The van der Waals surface area contributed by atoms with Crippen LogP contribution in [0.25, 0.3) is 0 Å². The largest absolute Gasteiger partial charge is 0.508 e. The van der Waals surface area contributed by atoms with Crippen molar-refractivity contribution in [2.45, 2.75) is 54.4 Å². The Morgan fingerprint density at radius 2 is 1.57 bits per heavy atom. The smallest absolute Gasteiger partial charge is 0.156 e. The molecule has 0 bridgehead atoms. The summed E-state index contributed by atoms with van der Waals surface area (Å²) in [6.45, 7) is 11.6. The first kappa shape index (κ1) is 17.3. The number of carbonyl (C=O) groups excluding carboxylic acids is 1. The number of rotatable bonds is 0. The number of phenolic OH excluding ortho intramolecular Hbond substituents is 2. The van der Waals surface area contributed by atoms with Crippen LogP contribution in [0.1, 0.15) is 50.3 Å². The number of aryl methyl sites for hydroxylation is 1. The molecule has 0 fully saturated rings. The molecule has 0 aromatic heterocycles. The number of ketones is 1. The minimum absolute atomic E-state index is 0.204. The molecular formula is C18H26O3. The van der Waals surface area contributed by atoms with Crippen molar-refractivity contribution in [3.05, 3.63) is 34.4 Å². The lowest BCUT2D eigenvalue weighted by atomic mass is 9.77. The third-order valence-electron chi connectivity index (χ3n) is 3.85. The van der Waals surface area contributed by atoms with E-state index in [0.29, 0.717) is 12.0 Å². The fourth-order valence-electron chi connectivity index (χ4n) is 2.71. The Labute approximate surface area is 127 Å². The fourth-order valence-corrected chi connectivity index (χ4v) is 2.71. The van der Waals surface area contributed by atoms with Gasteiger partial charge in [0.05, 0.1) is 0 Å². The quantitative estimate of drug-likeness (QED) is 0.699. The summed E-state index contributed by atoms with van der Waals surface area (Å²) in [4.78, 5) is 11.0.